The molecule has 1 aliphatic rings. The molecule has 0 bridgehead atoms. The summed E-state index contributed by atoms with van der Waals surface area (Å²) >= 11 is 3.56. The molecule has 0 aliphatic heterocycles. The first-order valence-corrected chi connectivity index (χ1v) is 6.59. The molecule has 1 heterocycles. The van der Waals surface area contributed by atoms with Crippen molar-refractivity contribution in [3.63, 3.8) is 0 Å². The van der Waals surface area contributed by atoms with Gasteiger partial charge in [0.25, 0.3) is 0 Å². The number of carbonyl (C=O) groups excluding carboxylic acids is 1. The maximum atomic E-state index is 11.5. The van der Waals surface area contributed by atoms with E-state index in [1.54, 1.807) is 0 Å². The second kappa shape index (κ2) is 4.32. The fraction of sp³-hybridized carbons (Fsp3) is 0.667. The van der Waals surface area contributed by atoms with Gasteiger partial charge in [-0.1, -0.05) is 13.8 Å². The minimum absolute atomic E-state index is 0.0262. The van der Waals surface area contributed by atoms with E-state index in [1.807, 2.05) is 10.9 Å². The van der Waals surface area contributed by atoms with Gasteiger partial charge in [0.2, 0.25) is 0 Å². The average molecular weight is 285 g/mol. The van der Waals surface area contributed by atoms with Crippen LogP contribution in [0.25, 0.3) is 0 Å². The highest BCUT2D eigenvalue weighted by Gasteiger charge is 2.39. The third-order valence-electron chi connectivity index (χ3n) is 3.34. The standard InChI is InChI=1S/C12H17BrN2O/c1-3-6-15-11(10(13)8-14-15)12(2)5-4-9(16)7-12/h8H,3-7H2,1-2H3. The van der Waals surface area contributed by atoms with E-state index >= 15 is 0 Å². The molecule has 4 heteroatoms. The average Bonchev–Trinajstić information content (AvgIpc) is 2.73. The summed E-state index contributed by atoms with van der Waals surface area (Å²) in [6, 6.07) is 0. The number of Topliss-reactive ketones (excluding diaryl/α,β-unsaturated/α-hetero) is 1. The first-order valence-electron chi connectivity index (χ1n) is 5.80. The molecule has 1 aromatic heterocycles. The molecule has 1 aromatic rings. The van der Waals surface area contributed by atoms with Gasteiger partial charge in [0.05, 0.1) is 16.4 Å². The van der Waals surface area contributed by atoms with E-state index in [9.17, 15) is 4.79 Å². The Bertz CT molecular complexity index is 413. The van der Waals surface area contributed by atoms with Gasteiger partial charge >= 0.3 is 0 Å². The molecule has 1 aliphatic carbocycles. The minimum Gasteiger partial charge on any atom is -0.300 e. The highest BCUT2D eigenvalue weighted by Crippen LogP contribution is 2.41. The van der Waals surface area contributed by atoms with E-state index in [0.717, 1.165) is 23.9 Å². The molecule has 2 rings (SSSR count). The lowest BCUT2D eigenvalue weighted by molar-refractivity contribution is -0.117. The number of nitrogens with zero attached hydrogens (tertiary/aromatic N) is 2. The van der Waals surface area contributed by atoms with E-state index in [2.05, 4.69) is 34.9 Å². The van der Waals surface area contributed by atoms with Crippen LogP contribution >= 0.6 is 15.9 Å². The van der Waals surface area contributed by atoms with Crippen molar-refractivity contribution in [2.45, 2.75) is 51.5 Å². The van der Waals surface area contributed by atoms with E-state index in [1.165, 1.54) is 5.69 Å². The highest BCUT2D eigenvalue weighted by molar-refractivity contribution is 9.10. The van der Waals surface area contributed by atoms with Gasteiger partial charge in [-0.2, -0.15) is 5.10 Å². The number of ketones is 1. The Balaban J connectivity index is 2.38. The number of aromatic nitrogens is 2. The summed E-state index contributed by atoms with van der Waals surface area (Å²) in [5.41, 5.74) is 1.17. The van der Waals surface area contributed by atoms with Crippen molar-refractivity contribution < 1.29 is 4.79 Å². The molecule has 0 amide bonds. The van der Waals surface area contributed by atoms with Gasteiger partial charge in [0.1, 0.15) is 5.78 Å². The number of rotatable bonds is 3. The van der Waals surface area contributed by atoms with Crippen LogP contribution in [0, 0.1) is 0 Å². The Morgan fingerprint density at radius 3 is 2.94 bits per heavy atom. The van der Waals surface area contributed by atoms with Crippen LogP contribution in [0.1, 0.15) is 45.2 Å². The van der Waals surface area contributed by atoms with E-state index in [-0.39, 0.29) is 5.41 Å². The molecule has 0 radical (unpaired) electrons. The van der Waals surface area contributed by atoms with Crippen LogP contribution in [0.3, 0.4) is 0 Å². The molecule has 1 fully saturated rings. The van der Waals surface area contributed by atoms with Gasteiger partial charge in [-0.05, 0) is 28.8 Å². The predicted molar refractivity (Wildman–Crippen MR) is 66.4 cm³/mol. The number of carbonyl (C=O) groups is 1. The Hall–Kier alpha value is -0.640. The largest absolute Gasteiger partial charge is 0.300 e. The number of aryl methyl sites for hydroxylation is 1. The van der Waals surface area contributed by atoms with Crippen molar-refractivity contribution in [3.05, 3.63) is 16.4 Å². The highest BCUT2D eigenvalue weighted by atomic mass is 79.9. The van der Waals surface area contributed by atoms with Gasteiger partial charge in [-0.15, -0.1) is 0 Å². The van der Waals surface area contributed by atoms with Crippen molar-refractivity contribution in [1.29, 1.82) is 0 Å². The zero-order chi connectivity index (χ0) is 11.8. The van der Waals surface area contributed by atoms with Crippen LogP contribution in [-0.2, 0) is 16.8 Å². The van der Waals surface area contributed by atoms with Crippen molar-refractivity contribution in [2.75, 3.05) is 0 Å². The summed E-state index contributed by atoms with van der Waals surface area (Å²) in [4.78, 5) is 11.5. The van der Waals surface area contributed by atoms with Crippen molar-refractivity contribution >= 4 is 21.7 Å². The molecule has 1 saturated carbocycles. The van der Waals surface area contributed by atoms with Crippen LogP contribution in [-0.4, -0.2) is 15.6 Å². The van der Waals surface area contributed by atoms with Crippen molar-refractivity contribution in [2.24, 2.45) is 0 Å². The Labute approximate surface area is 104 Å². The second-order valence-corrected chi connectivity index (χ2v) is 5.69. The fourth-order valence-electron chi connectivity index (χ4n) is 2.57. The normalized spacial score (nSPS) is 25.3. The molecular formula is C12H17BrN2O. The maximum Gasteiger partial charge on any atom is 0.133 e. The van der Waals surface area contributed by atoms with Gasteiger partial charge < -0.3 is 0 Å². The summed E-state index contributed by atoms with van der Waals surface area (Å²) < 4.78 is 3.08. The fourth-order valence-corrected chi connectivity index (χ4v) is 3.35. The van der Waals surface area contributed by atoms with E-state index in [4.69, 9.17) is 0 Å². The van der Waals surface area contributed by atoms with Gasteiger partial charge in [0.15, 0.2) is 0 Å². The van der Waals surface area contributed by atoms with Crippen LogP contribution in [0.5, 0.6) is 0 Å². The van der Waals surface area contributed by atoms with Crippen LogP contribution in [0.15, 0.2) is 10.7 Å². The zero-order valence-electron chi connectivity index (χ0n) is 9.79. The van der Waals surface area contributed by atoms with Crippen LogP contribution < -0.4 is 0 Å². The molecular weight excluding hydrogens is 268 g/mol. The molecule has 16 heavy (non-hydrogen) atoms. The summed E-state index contributed by atoms with van der Waals surface area (Å²) in [5, 5.41) is 4.38. The minimum atomic E-state index is -0.0262. The topological polar surface area (TPSA) is 34.9 Å². The summed E-state index contributed by atoms with van der Waals surface area (Å²) in [6.07, 6.45) is 5.21. The predicted octanol–water partition coefficient (Wildman–Crippen LogP) is 3.07. The summed E-state index contributed by atoms with van der Waals surface area (Å²) in [5.74, 6) is 0.374. The zero-order valence-corrected chi connectivity index (χ0v) is 11.4. The smallest absolute Gasteiger partial charge is 0.133 e. The molecule has 3 nitrogen and oxygen atoms in total. The van der Waals surface area contributed by atoms with E-state index < -0.39 is 0 Å². The van der Waals surface area contributed by atoms with Crippen LogP contribution in [0.4, 0.5) is 0 Å². The quantitative estimate of drug-likeness (QED) is 0.855. The third-order valence-corrected chi connectivity index (χ3v) is 3.93. The number of hydrogen-bond donors (Lipinski definition) is 0. The lowest BCUT2D eigenvalue weighted by Gasteiger charge is -2.24. The lowest BCUT2D eigenvalue weighted by atomic mass is 9.85. The molecule has 0 saturated heterocycles. The lowest BCUT2D eigenvalue weighted by Crippen LogP contribution is -2.23. The summed E-state index contributed by atoms with van der Waals surface area (Å²) in [7, 11) is 0. The third kappa shape index (κ3) is 1.95. The molecule has 0 N–H and O–H groups in total. The Morgan fingerprint density at radius 1 is 1.62 bits per heavy atom. The summed E-state index contributed by atoms with van der Waals surface area (Å²) in [6.45, 7) is 5.23. The molecule has 0 spiro atoms. The second-order valence-electron chi connectivity index (χ2n) is 4.84. The Morgan fingerprint density at radius 2 is 2.38 bits per heavy atom. The maximum absolute atomic E-state index is 11.5. The number of hydrogen-bond acceptors (Lipinski definition) is 2. The van der Waals surface area contributed by atoms with Gasteiger partial charge in [0, 0.05) is 24.8 Å². The molecule has 1 unspecified atom stereocenters. The monoisotopic (exact) mass is 284 g/mol. The van der Waals surface area contributed by atoms with E-state index in [0.29, 0.717) is 18.6 Å². The van der Waals surface area contributed by atoms with Gasteiger partial charge in [-0.3, -0.25) is 9.48 Å². The Kier molecular flexibility index (Phi) is 3.19. The van der Waals surface area contributed by atoms with Crippen molar-refractivity contribution in [3.8, 4) is 0 Å². The van der Waals surface area contributed by atoms with Gasteiger partial charge in [-0.25, -0.2) is 0 Å². The van der Waals surface area contributed by atoms with Crippen LogP contribution in [0.2, 0.25) is 0 Å². The molecule has 0 aromatic carbocycles. The SMILES string of the molecule is CCCn1ncc(Br)c1C1(C)CCC(=O)C1. The molecule has 1 atom stereocenters. The molecule has 88 valence electrons. The first kappa shape index (κ1) is 11.8. The number of halogens is 1. The van der Waals surface area contributed by atoms with Crippen molar-refractivity contribution in [1.82, 2.24) is 9.78 Å². The first-order chi connectivity index (χ1) is 7.57.